The third kappa shape index (κ3) is 5.78. The molecule has 0 amide bonds. The second kappa shape index (κ2) is 8.91. The minimum atomic E-state index is -0.164. The number of aromatic amines is 1. The number of rotatable bonds is 1. The summed E-state index contributed by atoms with van der Waals surface area (Å²) in [6, 6.07) is 12.5. The topological polar surface area (TPSA) is 84.8 Å². The molecule has 21 heavy (non-hydrogen) atoms. The van der Waals surface area contributed by atoms with Gasteiger partial charge < -0.3 is 5.11 Å². The first-order valence-corrected chi connectivity index (χ1v) is 7.26. The van der Waals surface area contributed by atoms with E-state index in [9.17, 15) is 5.11 Å². The summed E-state index contributed by atoms with van der Waals surface area (Å²) in [4.78, 5) is 2.89. The van der Waals surface area contributed by atoms with Crippen LogP contribution in [-0.2, 0) is 0 Å². The van der Waals surface area contributed by atoms with Crippen LogP contribution in [0.5, 0.6) is 5.75 Å². The Hall–Kier alpha value is -2.15. The lowest BCUT2D eigenvalue weighted by atomic mass is 10.1. The predicted octanol–water partition coefficient (Wildman–Crippen LogP) is 3.22. The molecule has 0 radical (unpaired) electrons. The van der Waals surface area contributed by atoms with E-state index in [1.54, 1.807) is 24.3 Å². The molecule has 2 aromatic rings. The van der Waals surface area contributed by atoms with Crippen molar-refractivity contribution in [3.63, 3.8) is 0 Å². The third-order valence-corrected chi connectivity index (χ3v) is 3.36. The highest BCUT2D eigenvalue weighted by Gasteiger charge is 1.99. The molecule has 1 aromatic carbocycles. The third-order valence-electron chi connectivity index (χ3n) is 2.18. The summed E-state index contributed by atoms with van der Waals surface area (Å²) < 4.78 is 0.775. The van der Waals surface area contributed by atoms with Crippen LogP contribution >= 0.6 is 31.9 Å². The number of hydrogen-bond acceptors (Lipinski definition) is 3. The van der Waals surface area contributed by atoms with Gasteiger partial charge in [0.05, 0.1) is 0 Å². The van der Waals surface area contributed by atoms with Crippen molar-refractivity contribution >= 4 is 37.9 Å². The van der Waals surface area contributed by atoms with Crippen LogP contribution in [0.4, 0.5) is 0 Å². The molecule has 0 bridgehead atoms. The van der Waals surface area contributed by atoms with Gasteiger partial charge in [0.1, 0.15) is 17.7 Å². The molecule has 0 saturated heterocycles. The van der Waals surface area contributed by atoms with Gasteiger partial charge >= 0.3 is 0 Å². The number of allylic oxidation sites excluding steroid dienone is 1. The standard InChI is InChI=1S/C10H4Br2N2O.C5H5N/c11-8-2-6(1-7(4-13)5-14)3-9(12)10(8)15;1-2-4-6-5-3-1/h1-3,15H;1-5H. The quantitative estimate of drug-likeness (QED) is 0.681. The van der Waals surface area contributed by atoms with Gasteiger partial charge in [0.15, 0.2) is 12.4 Å². The van der Waals surface area contributed by atoms with Crippen LogP contribution < -0.4 is 10.1 Å². The van der Waals surface area contributed by atoms with E-state index in [0.717, 1.165) is 0 Å². The zero-order valence-electron chi connectivity index (χ0n) is 10.7. The Labute approximate surface area is 139 Å². The molecule has 0 aliphatic carbocycles. The number of halogens is 2. The summed E-state index contributed by atoms with van der Waals surface area (Å²) in [5, 5.41) is 28.4. The molecule has 104 valence electrons. The van der Waals surface area contributed by atoms with Crippen molar-refractivity contribution < 1.29 is 10.1 Å². The summed E-state index contributed by atoms with van der Waals surface area (Å²) in [6.45, 7) is 0. The van der Waals surface area contributed by atoms with Crippen molar-refractivity contribution in [2.75, 3.05) is 0 Å². The van der Waals surface area contributed by atoms with E-state index >= 15 is 0 Å². The Morgan fingerprint density at radius 2 is 1.57 bits per heavy atom. The molecular weight excluding hydrogens is 398 g/mol. The molecule has 0 fully saturated rings. The Morgan fingerprint density at radius 1 is 1.05 bits per heavy atom. The van der Waals surface area contributed by atoms with E-state index in [-0.39, 0.29) is 11.3 Å². The highest BCUT2D eigenvalue weighted by Crippen LogP contribution is 2.31. The highest BCUT2D eigenvalue weighted by atomic mass is 79.9. The molecule has 0 unspecified atom stereocenters. The Kier molecular flexibility index (Phi) is 7.17. The van der Waals surface area contributed by atoms with Gasteiger partial charge in [0.2, 0.25) is 0 Å². The van der Waals surface area contributed by atoms with Crippen LogP contribution in [0.1, 0.15) is 5.56 Å². The number of nitrogens with zero attached hydrogens (tertiary/aromatic N) is 2. The fourth-order valence-electron chi connectivity index (χ4n) is 1.26. The first-order valence-electron chi connectivity index (χ1n) is 5.67. The maximum Gasteiger partial charge on any atom is 0.166 e. The van der Waals surface area contributed by atoms with Crippen LogP contribution in [0.3, 0.4) is 0 Å². The van der Waals surface area contributed by atoms with E-state index < -0.39 is 0 Å². The number of pyridine rings is 1. The van der Waals surface area contributed by atoms with Crippen LogP contribution in [0, 0.1) is 22.7 Å². The van der Waals surface area contributed by atoms with Gasteiger partial charge in [0, 0.05) is 21.1 Å². The molecule has 1 heterocycles. The van der Waals surface area contributed by atoms with Gasteiger partial charge in [-0.1, -0.05) is 43.7 Å². The van der Waals surface area contributed by atoms with Crippen LogP contribution in [0.2, 0.25) is 0 Å². The summed E-state index contributed by atoms with van der Waals surface area (Å²) in [7, 11) is 0. The van der Waals surface area contributed by atoms with Crippen molar-refractivity contribution in [3.8, 4) is 17.9 Å². The van der Waals surface area contributed by atoms with Gasteiger partial charge in [0.25, 0.3) is 0 Å². The van der Waals surface area contributed by atoms with E-state index in [4.69, 9.17) is 10.5 Å². The number of benzene rings is 1. The molecule has 1 N–H and O–H groups in total. The van der Waals surface area contributed by atoms with Crippen molar-refractivity contribution in [1.82, 2.24) is 0 Å². The van der Waals surface area contributed by atoms with E-state index in [1.165, 1.54) is 6.08 Å². The van der Waals surface area contributed by atoms with Gasteiger partial charge in [-0.2, -0.15) is 10.5 Å². The summed E-state index contributed by atoms with van der Waals surface area (Å²) >= 11 is 6.19. The molecule has 0 saturated carbocycles. The first kappa shape index (κ1) is 16.9. The predicted molar refractivity (Wildman–Crippen MR) is 83.5 cm³/mol. The first-order chi connectivity index (χ1) is 10.1. The zero-order valence-corrected chi connectivity index (χ0v) is 13.8. The fraction of sp³-hybridized carbons (Fsp3) is 0. The fourth-order valence-corrected chi connectivity index (χ4v) is 2.48. The lowest BCUT2D eigenvalue weighted by molar-refractivity contribution is -0.377. The molecule has 0 atom stereocenters. The van der Waals surface area contributed by atoms with Crippen molar-refractivity contribution in [1.29, 1.82) is 10.5 Å². The Bertz CT molecular complexity index is 650. The van der Waals surface area contributed by atoms with E-state index in [2.05, 4.69) is 36.8 Å². The molecule has 0 aliphatic heterocycles. The molecule has 2 rings (SSSR count). The Balaban J connectivity index is 0.000000304. The average molecular weight is 407 g/mol. The molecule has 0 aliphatic rings. The molecular formula is C15H9Br2N3O. The highest BCUT2D eigenvalue weighted by molar-refractivity contribution is 9.11. The van der Waals surface area contributed by atoms with Crippen molar-refractivity contribution in [3.05, 3.63) is 62.8 Å². The average Bonchev–Trinajstić information content (AvgIpc) is 2.52. The minimum absolute atomic E-state index is 0.00699. The van der Waals surface area contributed by atoms with Gasteiger partial charge in [-0.3, -0.25) is 0 Å². The minimum Gasteiger partial charge on any atom is -0.871 e. The summed E-state index contributed by atoms with van der Waals surface area (Å²) in [6.07, 6.45) is 5.16. The second-order valence-electron chi connectivity index (χ2n) is 3.67. The lowest BCUT2D eigenvalue weighted by Gasteiger charge is -2.11. The van der Waals surface area contributed by atoms with Crippen LogP contribution in [0.15, 0.2) is 57.2 Å². The second-order valence-corrected chi connectivity index (χ2v) is 5.38. The van der Waals surface area contributed by atoms with E-state index in [1.807, 2.05) is 30.6 Å². The van der Waals surface area contributed by atoms with Crippen molar-refractivity contribution in [2.24, 2.45) is 0 Å². The SMILES string of the molecule is N#CC(C#N)=Cc1cc(Br)c([O-])c(Br)c1.c1cc[nH+]cc1. The Morgan fingerprint density at radius 3 is 1.90 bits per heavy atom. The summed E-state index contributed by atoms with van der Waals surface area (Å²) in [5.41, 5.74) is 0.610. The zero-order chi connectivity index (χ0) is 15.7. The smallest absolute Gasteiger partial charge is 0.166 e. The molecule has 6 heteroatoms. The number of hydrogen-bond donors (Lipinski definition) is 0. The van der Waals surface area contributed by atoms with Gasteiger partial charge in [-0.25, -0.2) is 4.98 Å². The lowest BCUT2D eigenvalue weighted by Crippen LogP contribution is -1.93. The maximum atomic E-state index is 11.3. The van der Waals surface area contributed by atoms with Gasteiger partial charge in [-0.15, -0.1) is 0 Å². The van der Waals surface area contributed by atoms with Crippen molar-refractivity contribution in [2.45, 2.75) is 0 Å². The number of aromatic nitrogens is 1. The molecule has 1 aromatic heterocycles. The number of nitriles is 2. The summed E-state index contributed by atoms with van der Waals surface area (Å²) in [5.74, 6) is -0.164. The largest absolute Gasteiger partial charge is 0.871 e. The number of H-pyrrole nitrogens is 1. The van der Waals surface area contributed by atoms with Gasteiger partial charge in [-0.05, 0) is 23.8 Å². The van der Waals surface area contributed by atoms with Crippen LogP contribution in [-0.4, -0.2) is 0 Å². The van der Waals surface area contributed by atoms with Crippen LogP contribution in [0.25, 0.3) is 6.08 Å². The maximum absolute atomic E-state index is 11.3. The monoisotopic (exact) mass is 405 g/mol. The normalized spacial score (nSPS) is 8.57. The number of nitrogens with one attached hydrogen (secondary N) is 1. The molecule has 0 spiro atoms. The molecule has 4 nitrogen and oxygen atoms in total. The van der Waals surface area contributed by atoms with E-state index in [0.29, 0.717) is 14.5 Å².